The van der Waals surface area contributed by atoms with Gasteiger partial charge in [-0.3, -0.25) is 0 Å². The van der Waals surface area contributed by atoms with Crippen molar-refractivity contribution in [2.24, 2.45) is 9.98 Å². The number of benzene rings is 2. The Hall–Kier alpha value is -3.57. The Labute approximate surface area is 226 Å². The molecule has 0 fully saturated rings. The molecule has 9 nitrogen and oxygen atoms in total. The molecule has 1 atom stereocenters. The molecule has 0 bridgehead atoms. The summed E-state index contributed by atoms with van der Waals surface area (Å²) in [6, 6.07) is 10.5. The number of carbonyl (C=O) groups is 1. The molecule has 0 N–H and O–H groups in total. The van der Waals surface area contributed by atoms with Crippen LogP contribution >= 0.6 is 11.8 Å². The number of methoxy groups -OCH3 is 1. The first-order valence-electron chi connectivity index (χ1n) is 12.0. The van der Waals surface area contributed by atoms with E-state index in [0.29, 0.717) is 30.4 Å². The third-order valence-corrected chi connectivity index (χ3v) is 6.04. The molecule has 1 unspecified atom stereocenters. The summed E-state index contributed by atoms with van der Waals surface area (Å²) in [7, 11) is 5.08. The van der Waals surface area contributed by atoms with E-state index >= 15 is 4.39 Å². The maximum Gasteiger partial charge on any atom is 0.434 e. The molecule has 3 aromatic rings. The summed E-state index contributed by atoms with van der Waals surface area (Å²) in [4.78, 5) is 27.0. The number of hydrogen-bond acceptors (Lipinski definition) is 9. The van der Waals surface area contributed by atoms with Gasteiger partial charge in [-0.1, -0.05) is 12.1 Å². The second kappa shape index (κ2) is 13.3. The fourth-order valence-electron chi connectivity index (χ4n) is 3.66. The second-order valence-corrected chi connectivity index (χ2v) is 9.53. The lowest BCUT2D eigenvalue weighted by Crippen LogP contribution is -2.28. The zero-order valence-electron chi connectivity index (χ0n) is 22.6. The first-order valence-corrected chi connectivity index (χ1v) is 13.2. The summed E-state index contributed by atoms with van der Waals surface area (Å²) in [5.74, 6) is 0.433. The lowest BCUT2D eigenvalue weighted by Gasteiger charge is -2.21. The van der Waals surface area contributed by atoms with Crippen LogP contribution in [0.2, 0.25) is 0 Å². The van der Waals surface area contributed by atoms with Crippen molar-refractivity contribution in [1.82, 2.24) is 15.0 Å². The van der Waals surface area contributed by atoms with Crippen LogP contribution in [0.15, 0.2) is 50.9 Å². The van der Waals surface area contributed by atoms with E-state index in [2.05, 4.69) is 15.1 Å². The predicted octanol–water partition coefficient (Wildman–Crippen LogP) is 5.72. The van der Waals surface area contributed by atoms with Crippen molar-refractivity contribution in [3.63, 3.8) is 0 Å². The highest BCUT2D eigenvalue weighted by Crippen LogP contribution is 2.29. The molecular formula is C27H32FN5O4S. The van der Waals surface area contributed by atoms with Crippen molar-refractivity contribution in [2.75, 3.05) is 34.0 Å². The third-order valence-electron chi connectivity index (χ3n) is 5.37. The highest BCUT2D eigenvalue weighted by molar-refractivity contribution is 8.15. The van der Waals surface area contributed by atoms with Gasteiger partial charge in [0.05, 0.1) is 12.8 Å². The van der Waals surface area contributed by atoms with Crippen molar-refractivity contribution in [3.8, 4) is 17.1 Å². The number of rotatable bonds is 9. The summed E-state index contributed by atoms with van der Waals surface area (Å²) in [5.41, 5.74) is 2.46. The van der Waals surface area contributed by atoms with E-state index in [0.717, 1.165) is 22.9 Å². The third kappa shape index (κ3) is 7.48. The topological polar surface area (TPSA) is 102 Å². The lowest BCUT2D eigenvalue weighted by atomic mass is 10.0. The molecule has 0 spiro atoms. The van der Waals surface area contributed by atoms with Gasteiger partial charge in [0.1, 0.15) is 16.9 Å². The smallest absolute Gasteiger partial charge is 0.434 e. The molecule has 202 valence electrons. The summed E-state index contributed by atoms with van der Waals surface area (Å²) < 4.78 is 31.8. The average Bonchev–Trinajstić information content (AvgIpc) is 3.33. The van der Waals surface area contributed by atoms with Gasteiger partial charge in [-0.2, -0.15) is 9.98 Å². The Bertz CT molecular complexity index is 1320. The van der Waals surface area contributed by atoms with Gasteiger partial charge in [-0.25, -0.2) is 14.2 Å². The average molecular weight is 542 g/mol. The van der Waals surface area contributed by atoms with Crippen molar-refractivity contribution in [1.29, 1.82) is 0 Å². The van der Waals surface area contributed by atoms with Gasteiger partial charge < -0.3 is 18.9 Å². The number of likely N-dealkylation sites (N-methyl/N-ethyl adjacent to an activating group) is 1. The summed E-state index contributed by atoms with van der Waals surface area (Å²) >= 11 is 1.16. The molecule has 38 heavy (non-hydrogen) atoms. The minimum Gasteiger partial charge on any atom is -0.486 e. The number of aryl methyl sites for hydroxylation is 2. The number of aromatic nitrogens is 2. The normalized spacial score (nSPS) is 13.1. The molecule has 0 aliphatic heterocycles. The van der Waals surface area contributed by atoms with Gasteiger partial charge in [0.25, 0.3) is 0 Å². The SMILES string of the molecule is CCc1cc(OC(C)CN(C)C)c(F)c(C(=Nc2ccc(-c3noc(C)n3)cc2)C(=NC(=O)OC)SC)c1. The van der Waals surface area contributed by atoms with Crippen molar-refractivity contribution in [3.05, 3.63) is 59.2 Å². The molecule has 1 heterocycles. The van der Waals surface area contributed by atoms with Crippen LogP contribution in [-0.2, 0) is 11.2 Å². The number of thioether (sulfide) groups is 1. The molecular weight excluding hydrogens is 509 g/mol. The number of aliphatic imine (C=N–C) groups is 2. The Morgan fingerprint density at radius 2 is 1.95 bits per heavy atom. The standard InChI is InChI=1S/C27H32FN5O4S/c1-8-18-13-21(23(28)22(14-18)36-16(2)15-33(4)5)24(26(38-7)31-27(34)35-6)30-20-11-9-19(10-12-20)25-29-17(3)37-32-25/h9-14,16H,8,15H2,1-7H3. The van der Waals surface area contributed by atoms with Crippen LogP contribution in [0.1, 0.15) is 30.9 Å². The molecule has 0 aliphatic carbocycles. The molecule has 1 aromatic heterocycles. The zero-order valence-corrected chi connectivity index (χ0v) is 23.4. The van der Waals surface area contributed by atoms with E-state index in [4.69, 9.17) is 19.0 Å². The van der Waals surface area contributed by atoms with Gasteiger partial charge in [0.15, 0.2) is 11.6 Å². The van der Waals surface area contributed by atoms with Gasteiger partial charge in [-0.15, -0.1) is 11.8 Å². The van der Waals surface area contributed by atoms with E-state index in [1.165, 1.54) is 7.11 Å². The number of hydrogen-bond donors (Lipinski definition) is 0. The predicted molar refractivity (Wildman–Crippen MR) is 148 cm³/mol. The van der Waals surface area contributed by atoms with Gasteiger partial charge in [0.2, 0.25) is 11.7 Å². The summed E-state index contributed by atoms with van der Waals surface area (Å²) in [6.07, 6.45) is 1.30. The van der Waals surface area contributed by atoms with Crippen LogP contribution in [0.25, 0.3) is 11.4 Å². The van der Waals surface area contributed by atoms with Crippen LogP contribution in [-0.4, -0.2) is 72.0 Å². The minimum atomic E-state index is -0.812. The highest BCUT2D eigenvalue weighted by Gasteiger charge is 2.23. The summed E-state index contributed by atoms with van der Waals surface area (Å²) in [5, 5.41) is 4.13. The molecule has 0 saturated carbocycles. The van der Waals surface area contributed by atoms with Gasteiger partial charge in [0, 0.05) is 24.6 Å². The molecule has 0 aliphatic rings. The Morgan fingerprint density at radius 1 is 1.24 bits per heavy atom. The van der Waals surface area contributed by atoms with Crippen LogP contribution in [0.5, 0.6) is 5.75 Å². The van der Waals surface area contributed by atoms with Crippen LogP contribution in [0.4, 0.5) is 14.9 Å². The summed E-state index contributed by atoms with van der Waals surface area (Å²) in [6.45, 7) is 6.17. The van der Waals surface area contributed by atoms with Crippen molar-refractivity contribution < 1.29 is 23.2 Å². The fraction of sp³-hybridized carbons (Fsp3) is 0.370. The Balaban J connectivity index is 2.15. The monoisotopic (exact) mass is 541 g/mol. The molecule has 2 aromatic carbocycles. The Kier molecular flexibility index (Phi) is 10.1. The maximum absolute atomic E-state index is 16.0. The maximum atomic E-state index is 16.0. The van der Waals surface area contributed by atoms with Crippen molar-refractivity contribution in [2.45, 2.75) is 33.3 Å². The molecule has 0 saturated heterocycles. The zero-order chi connectivity index (χ0) is 27.8. The fourth-order valence-corrected chi connectivity index (χ4v) is 4.18. The number of nitrogens with zero attached hydrogens (tertiary/aromatic N) is 5. The molecule has 0 radical (unpaired) electrons. The first-order chi connectivity index (χ1) is 18.1. The lowest BCUT2D eigenvalue weighted by molar-refractivity contribution is 0.170. The number of halogens is 1. The van der Waals surface area contributed by atoms with E-state index in [-0.39, 0.29) is 28.2 Å². The number of carbonyl (C=O) groups excluding carboxylic acids is 1. The van der Waals surface area contributed by atoms with Gasteiger partial charge >= 0.3 is 6.09 Å². The number of ether oxygens (including phenoxy) is 2. The van der Waals surface area contributed by atoms with Crippen LogP contribution in [0, 0.1) is 12.7 Å². The van der Waals surface area contributed by atoms with E-state index in [1.54, 1.807) is 49.6 Å². The first kappa shape index (κ1) is 29.0. The Morgan fingerprint density at radius 3 is 2.50 bits per heavy atom. The molecule has 11 heteroatoms. The molecule has 1 amide bonds. The largest absolute Gasteiger partial charge is 0.486 e. The van der Waals surface area contributed by atoms with Gasteiger partial charge in [-0.05, 0) is 75.7 Å². The van der Waals surface area contributed by atoms with Crippen molar-refractivity contribution >= 4 is 34.3 Å². The van der Waals surface area contributed by atoms with E-state index < -0.39 is 11.9 Å². The van der Waals surface area contributed by atoms with Crippen LogP contribution < -0.4 is 4.74 Å². The minimum absolute atomic E-state index is 0.114. The molecule has 3 rings (SSSR count). The van der Waals surface area contributed by atoms with E-state index in [9.17, 15) is 4.79 Å². The van der Waals surface area contributed by atoms with Crippen LogP contribution in [0.3, 0.4) is 0 Å². The van der Waals surface area contributed by atoms with E-state index in [1.807, 2.05) is 32.8 Å². The number of amides is 1. The highest BCUT2D eigenvalue weighted by atomic mass is 32.2. The quantitative estimate of drug-likeness (QED) is 0.250. The second-order valence-electron chi connectivity index (χ2n) is 8.74.